The zero-order valence-corrected chi connectivity index (χ0v) is 7.13. The van der Waals surface area contributed by atoms with Gasteiger partial charge in [-0.25, -0.2) is 4.99 Å². The molecule has 0 aromatic carbocycles. The van der Waals surface area contributed by atoms with Crippen molar-refractivity contribution in [1.82, 2.24) is 0 Å². The Morgan fingerprint density at radius 1 is 1.67 bits per heavy atom. The summed E-state index contributed by atoms with van der Waals surface area (Å²) in [4.78, 5) is 3.99. The molecule has 0 spiro atoms. The van der Waals surface area contributed by atoms with Crippen molar-refractivity contribution < 1.29 is 4.74 Å². The lowest BCUT2D eigenvalue weighted by atomic mass is 10.1. The molecule has 0 saturated heterocycles. The van der Waals surface area contributed by atoms with Crippen molar-refractivity contribution in [3.63, 3.8) is 0 Å². The molecule has 66 valence electrons. The van der Waals surface area contributed by atoms with Gasteiger partial charge in [-0.05, 0) is 6.92 Å². The molecule has 1 heterocycles. The van der Waals surface area contributed by atoms with Crippen LogP contribution in [-0.4, -0.2) is 12.3 Å². The molecule has 0 aliphatic carbocycles. The van der Waals surface area contributed by atoms with E-state index in [1.54, 1.807) is 0 Å². The minimum atomic E-state index is 0.291. The molecule has 0 radical (unpaired) electrons. The molecule has 0 saturated carbocycles. The third-order valence-electron chi connectivity index (χ3n) is 1.66. The molecule has 4 nitrogen and oxygen atoms in total. The van der Waals surface area contributed by atoms with E-state index in [-0.39, 0.29) is 0 Å². The summed E-state index contributed by atoms with van der Waals surface area (Å²) in [5.41, 5.74) is 12.6. The summed E-state index contributed by atoms with van der Waals surface area (Å²) in [6, 6.07) is 0. The summed E-state index contributed by atoms with van der Waals surface area (Å²) in [5.74, 6) is 0.747. The van der Waals surface area contributed by atoms with Crippen molar-refractivity contribution >= 4 is 5.71 Å². The van der Waals surface area contributed by atoms with Crippen LogP contribution in [0.1, 0.15) is 13.3 Å². The number of ether oxygens (including phenoxy) is 1. The Bertz CT molecular complexity index is 265. The van der Waals surface area contributed by atoms with Crippen LogP contribution in [0.15, 0.2) is 28.8 Å². The number of aliphatic imine (C=N–C) groups is 1. The van der Waals surface area contributed by atoms with E-state index in [0.717, 1.165) is 17.7 Å². The highest BCUT2D eigenvalue weighted by Gasteiger charge is 2.15. The number of rotatable bonds is 2. The number of hydrogen-bond acceptors (Lipinski definition) is 4. The van der Waals surface area contributed by atoms with Gasteiger partial charge in [0, 0.05) is 17.7 Å². The SMILES string of the molecule is C=C(N)N=C(C)C1=C(N)OCC1. The molecule has 0 amide bonds. The molecule has 0 atom stereocenters. The average Bonchev–Trinajstić information content (AvgIpc) is 2.33. The topological polar surface area (TPSA) is 73.6 Å². The van der Waals surface area contributed by atoms with Crippen molar-refractivity contribution in [2.24, 2.45) is 16.5 Å². The Kier molecular flexibility index (Phi) is 2.38. The zero-order chi connectivity index (χ0) is 9.14. The van der Waals surface area contributed by atoms with Crippen LogP contribution in [0.3, 0.4) is 0 Å². The largest absolute Gasteiger partial charge is 0.479 e. The number of nitrogens with two attached hydrogens (primary N) is 2. The summed E-state index contributed by atoms with van der Waals surface area (Å²) >= 11 is 0. The molecule has 12 heavy (non-hydrogen) atoms. The van der Waals surface area contributed by atoms with E-state index in [1.165, 1.54) is 0 Å². The molecule has 4 N–H and O–H groups in total. The highest BCUT2D eigenvalue weighted by molar-refractivity contribution is 5.99. The van der Waals surface area contributed by atoms with E-state index >= 15 is 0 Å². The van der Waals surface area contributed by atoms with Crippen molar-refractivity contribution in [1.29, 1.82) is 0 Å². The highest BCUT2D eigenvalue weighted by atomic mass is 16.5. The van der Waals surface area contributed by atoms with E-state index in [0.29, 0.717) is 18.3 Å². The zero-order valence-electron chi connectivity index (χ0n) is 7.13. The van der Waals surface area contributed by atoms with Gasteiger partial charge < -0.3 is 16.2 Å². The molecule has 1 aliphatic rings. The molecule has 1 rings (SSSR count). The van der Waals surface area contributed by atoms with E-state index in [1.807, 2.05) is 6.92 Å². The molecule has 0 aromatic heterocycles. The minimum absolute atomic E-state index is 0.291. The molecule has 0 unspecified atom stereocenters. The molecule has 1 aliphatic heterocycles. The van der Waals surface area contributed by atoms with E-state index in [9.17, 15) is 0 Å². The minimum Gasteiger partial charge on any atom is -0.479 e. The molecular formula is C8H13N3O. The van der Waals surface area contributed by atoms with Gasteiger partial charge in [0.2, 0.25) is 0 Å². The van der Waals surface area contributed by atoms with Crippen molar-refractivity contribution in [3.8, 4) is 0 Å². The van der Waals surface area contributed by atoms with Crippen LogP contribution in [0.5, 0.6) is 0 Å². The van der Waals surface area contributed by atoms with E-state index in [4.69, 9.17) is 16.2 Å². The summed E-state index contributed by atoms with van der Waals surface area (Å²) < 4.78 is 5.07. The fourth-order valence-corrected chi connectivity index (χ4v) is 1.12. The van der Waals surface area contributed by atoms with Crippen molar-refractivity contribution in [2.75, 3.05) is 6.61 Å². The maximum atomic E-state index is 5.56. The number of hydrogen-bond donors (Lipinski definition) is 2. The second-order valence-corrected chi connectivity index (χ2v) is 2.63. The normalized spacial score (nSPS) is 17.9. The highest BCUT2D eigenvalue weighted by Crippen LogP contribution is 2.16. The average molecular weight is 167 g/mol. The lowest BCUT2D eigenvalue weighted by Crippen LogP contribution is -2.05. The van der Waals surface area contributed by atoms with Crippen LogP contribution in [0.2, 0.25) is 0 Å². The quantitative estimate of drug-likeness (QED) is 0.587. The lowest BCUT2D eigenvalue weighted by Gasteiger charge is -2.00. The van der Waals surface area contributed by atoms with Crippen LogP contribution in [0.4, 0.5) is 0 Å². The fourth-order valence-electron chi connectivity index (χ4n) is 1.12. The summed E-state index contributed by atoms with van der Waals surface area (Å²) in [6.45, 7) is 5.95. The van der Waals surface area contributed by atoms with Crippen LogP contribution < -0.4 is 11.5 Å². The smallest absolute Gasteiger partial charge is 0.189 e. The lowest BCUT2D eigenvalue weighted by molar-refractivity contribution is 0.242. The predicted octanol–water partition coefficient (Wildman–Crippen LogP) is 0.468. The van der Waals surface area contributed by atoms with Crippen molar-refractivity contribution in [2.45, 2.75) is 13.3 Å². The first-order valence-corrected chi connectivity index (χ1v) is 3.72. The van der Waals surface area contributed by atoms with Gasteiger partial charge in [0.15, 0.2) is 5.88 Å². The first-order valence-electron chi connectivity index (χ1n) is 3.72. The maximum absolute atomic E-state index is 5.56. The Morgan fingerprint density at radius 2 is 2.33 bits per heavy atom. The van der Waals surface area contributed by atoms with Gasteiger partial charge in [-0.3, -0.25) is 0 Å². The van der Waals surface area contributed by atoms with Crippen LogP contribution in [-0.2, 0) is 4.74 Å². The summed E-state index contributed by atoms with van der Waals surface area (Å²) in [5, 5.41) is 0. The third kappa shape index (κ3) is 1.78. The number of nitrogens with zero attached hydrogens (tertiary/aromatic N) is 1. The standard InChI is InChI=1S/C8H13N3O/c1-5(11-6(2)9)7-3-4-12-8(7)10/h2-4,9-10H2,1H3. The van der Waals surface area contributed by atoms with Crippen LogP contribution in [0, 0.1) is 0 Å². The maximum Gasteiger partial charge on any atom is 0.189 e. The third-order valence-corrected chi connectivity index (χ3v) is 1.66. The fraction of sp³-hybridized carbons (Fsp3) is 0.375. The Labute approximate surface area is 71.6 Å². The Morgan fingerprint density at radius 3 is 2.75 bits per heavy atom. The molecule has 4 heteroatoms. The predicted molar refractivity (Wildman–Crippen MR) is 48.2 cm³/mol. The van der Waals surface area contributed by atoms with Gasteiger partial charge in [-0.1, -0.05) is 6.58 Å². The first kappa shape index (κ1) is 8.64. The van der Waals surface area contributed by atoms with Gasteiger partial charge in [0.25, 0.3) is 0 Å². The van der Waals surface area contributed by atoms with Crippen molar-refractivity contribution in [3.05, 3.63) is 23.9 Å². The van der Waals surface area contributed by atoms with Gasteiger partial charge >= 0.3 is 0 Å². The molecule has 0 fully saturated rings. The van der Waals surface area contributed by atoms with Gasteiger partial charge in [0.1, 0.15) is 5.82 Å². The first-order chi connectivity index (χ1) is 5.61. The van der Waals surface area contributed by atoms with Crippen LogP contribution in [0.25, 0.3) is 0 Å². The summed E-state index contributed by atoms with van der Waals surface area (Å²) in [6.07, 6.45) is 0.800. The Hall–Kier alpha value is -1.45. The van der Waals surface area contributed by atoms with Crippen LogP contribution >= 0.6 is 0 Å². The molecule has 0 bridgehead atoms. The molecule has 0 aromatic rings. The van der Waals surface area contributed by atoms with Gasteiger partial charge in [-0.15, -0.1) is 0 Å². The second kappa shape index (κ2) is 3.30. The Balaban J connectivity index is 2.83. The van der Waals surface area contributed by atoms with Gasteiger partial charge in [-0.2, -0.15) is 0 Å². The second-order valence-electron chi connectivity index (χ2n) is 2.63. The monoisotopic (exact) mass is 167 g/mol. The summed E-state index contributed by atoms with van der Waals surface area (Å²) in [7, 11) is 0. The van der Waals surface area contributed by atoms with E-state index in [2.05, 4.69) is 11.6 Å². The van der Waals surface area contributed by atoms with E-state index < -0.39 is 0 Å². The van der Waals surface area contributed by atoms with Gasteiger partial charge in [0.05, 0.1) is 6.61 Å². The molecular weight excluding hydrogens is 154 g/mol.